The zero-order chi connectivity index (χ0) is 34.3. The molecule has 244 valence electrons. The van der Waals surface area contributed by atoms with E-state index in [1.165, 1.54) is 30.3 Å². The molecule has 1 atom stereocenters. The number of benzene rings is 5. The van der Waals surface area contributed by atoms with E-state index in [9.17, 15) is 31.9 Å². The molecule has 0 fully saturated rings. The number of hydrogen-bond donors (Lipinski definition) is 3. The second kappa shape index (κ2) is 14.8. The maximum atomic E-state index is 13.6. The highest BCUT2D eigenvalue weighted by molar-refractivity contribution is 6.09. The number of carbonyl (C=O) groups is 3. The van der Waals surface area contributed by atoms with Crippen LogP contribution >= 0.6 is 0 Å². The number of aryl methyl sites for hydroxylation is 1. The highest BCUT2D eigenvalue weighted by Gasteiger charge is 2.30. The Morgan fingerprint density at radius 1 is 0.750 bits per heavy atom. The molecule has 48 heavy (non-hydrogen) atoms. The van der Waals surface area contributed by atoms with Crippen molar-refractivity contribution < 1.29 is 31.9 Å². The number of nitrogens with one attached hydrogen (secondary N) is 3. The van der Waals surface area contributed by atoms with Crippen molar-refractivity contribution in [3.63, 3.8) is 0 Å². The van der Waals surface area contributed by atoms with Crippen molar-refractivity contribution >= 4 is 23.4 Å². The van der Waals surface area contributed by atoms with E-state index in [0.717, 1.165) is 17.7 Å². The van der Waals surface area contributed by atoms with E-state index in [2.05, 4.69) is 16.0 Å². The third-order valence-corrected chi connectivity index (χ3v) is 7.65. The average Bonchev–Trinajstić information content (AvgIpc) is 3.07. The third-order valence-electron chi connectivity index (χ3n) is 7.65. The summed E-state index contributed by atoms with van der Waals surface area (Å²) in [5.74, 6) is -1.78. The van der Waals surface area contributed by atoms with Crippen molar-refractivity contribution in [3.05, 3.63) is 161 Å². The van der Waals surface area contributed by atoms with E-state index < -0.39 is 41.3 Å². The maximum absolute atomic E-state index is 13.6. The summed E-state index contributed by atoms with van der Waals surface area (Å²) >= 11 is 0. The van der Waals surface area contributed by atoms with Gasteiger partial charge in [-0.2, -0.15) is 13.2 Å². The van der Waals surface area contributed by atoms with Gasteiger partial charge in [0.25, 0.3) is 5.91 Å². The molecule has 0 spiro atoms. The van der Waals surface area contributed by atoms with Gasteiger partial charge >= 0.3 is 6.18 Å². The Bertz CT molecular complexity index is 1930. The zero-order valence-corrected chi connectivity index (χ0v) is 25.8. The molecule has 0 saturated heterocycles. The van der Waals surface area contributed by atoms with Crippen molar-refractivity contribution in [1.82, 2.24) is 10.6 Å². The number of halogens is 4. The molecule has 0 aliphatic heterocycles. The van der Waals surface area contributed by atoms with Gasteiger partial charge in [0.1, 0.15) is 11.9 Å². The van der Waals surface area contributed by atoms with Gasteiger partial charge in [-0.15, -0.1) is 0 Å². The van der Waals surface area contributed by atoms with Crippen LogP contribution in [0.5, 0.6) is 0 Å². The first-order valence-corrected chi connectivity index (χ1v) is 15.0. The first-order valence-electron chi connectivity index (χ1n) is 15.0. The minimum absolute atomic E-state index is 0.102. The van der Waals surface area contributed by atoms with Crippen LogP contribution in [0.25, 0.3) is 11.1 Å². The molecule has 0 aliphatic carbocycles. The number of rotatable bonds is 10. The summed E-state index contributed by atoms with van der Waals surface area (Å²) in [6.45, 7) is 1.93. The van der Waals surface area contributed by atoms with Gasteiger partial charge < -0.3 is 16.0 Å². The lowest BCUT2D eigenvalue weighted by Crippen LogP contribution is -2.40. The van der Waals surface area contributed by atoms with E-state index in [-0.39, 0.29) is 13.0 Å². The first kappa shape index (κ1) is 33.6. The molecular weight excluding hydrogens is 622 g/mol. The van der Waals surface area contributed by atoms with Gasteiger partial charge in [-0.25, -0.2) is 4.39 Å². The Morgan fingerprint density at radius 3 is 2.15 bits per heavy atom. The number of amides is 3. The Morgan fingerprint density at radius 2 is 1.46 bits per heavy atom. The van der Waals surface area contributed by atoms with Gasteiger partial charge in [0.15, 0.2) is 0 Å². The summed E-state index contributed by atoms with van der Waals surface area (Å²) in [7, 11) is 0. The van der Waals surface area contributed by atoms with Crippen LogP contribution in [0.1, 0.15) is 44.2 Å². The lowest BCUT2D eigenvalue weighted by atomic mass is 9.98. The van der Waals surface area contributed by atoms with E-state index in [1.807, 2.05) is 0 Å². The molecule has 5 rings (SSSR count). The fourth-order valence-electron chi connectivity index (χ4n) is 5.22. The molecule has 0 aliphatic rings. The van der Waals surface area contributed by atoms with Crippen LogP contribution in [0.2, 0.25) is 0 Å². The normalized spacial score (nSPS) is 11.8. The SMILES string of the molecule is Cc1cc(CNC(=O)[C@@H](NC(=O)Cc2cccc(F)c2)c2ccccc2)ccc1NC(=O)c1ccccc1-c1ccc(C(F)(F)F)cc1. The minimum Gasteiger partial charge on any atom is -0.350 e. The van der Waals surface area contributed by atoms with Crippen molar-refractivity contribution in [1.29, 1.82) is 0 Å². The fraction of sp³-hybridized carbons (Fsp3) is 0.132. The topological polar surface area (TPSA) is 87.3 Å². The van der Waals surface area contributed by atoms with Gasteiger partial charge in [0, 0.05) is 17.8 Å². The fourth-order valence-corrected chi connectivity index (χ4v) is 5.22. The zero-order valence-electron chi connectivity index (χ0n) is 25.8. The lowest BCUT2D eigenvalue weighted by molar-refractivity contribution is -0.137. The maximum Gasteiger partial charge on any atom is 0.416 e. The molecule has 6 nitrogen and oxygen atoms in total. The van der Waals surface area contributed by atoms with Gasteiger partial charge in [-0.3, -0.25) is 14.4 Å². The Hall–Kier alpha value is -5.77. The summed E-state index contributed by atoms with van der Waals surface area (Å²) in [6, 6.07) is 30.0. The number of alkyl halides is 3. The molecule has 0 aromatic heterocycles. The van der Waals surface area contributed by atoms with E-state index >= 15 is 0 Å². The standard InChI is InChI=1S/C38H31F4N3O3/c1-24-20-26(23-43-37(48)35(28-9-3-2-4-10-28)45-34(46)22-25-8-7-11-30(39)21-25)14-19-33(24)44-36(47)32-13-6-5-12-31(32)27-15-17-29(18-16-27)38(40,41)42/h2-21,35H,22-23H2,1H3,(H,43,48)(H,44,47)(H,45,46)/t35-/m0/s1. The van der Waals surface area contributed by atoms with Gasteiger partial charge in [-0.1, -0.05) is 84.9 Å². The van der Waals surface area contributed by atoms with Crippen molar-refractivity contribution in [2.24, 2.45) is 0 Å². The number of anilines is 1. The number of hydrogen-bond acceptors (Lipinski definition) is 3. The molecule has 0 saturated carbocycles. The summed E-state index contributed by atoms with van der Waals surface area (Å²) in [5.41, 5.74) is 3.49. The quantitative estimate of drug-likeness (QED) is 0.135. The van der Waals surface area contributed by atoms with Gasteiger partial charge in [0.05, 0.1) is 12.0 Å². The molecule has 3 N–H and O–H groups in total. The molecule has 0 radical (unpaired) electrons. The highest BCUT2D eigenvalue weighted by atomic mass is 19.4. The molecule has 0 heterocycles. The lowest BCUT2D eigenvalue weighted by Gasteiger charge is -2.19. The van der Waals surface area contributed by atoms with Gasteiger partial charge in [0.2, 0.25) is 11.8 Å². The van der Waals surface area contributed by atoms with E-state index in [4.69, 9.17) is 0 Å². The Kier molecular flexibility index (Phi) is 10.3. The summed E-state index contributed by atoms with van der Waals surface area (Å²) in [6.07, 6.45) is -4.57. The van der Waals surface area contributed by atoms with Crippen LogP contribution in [0, 0.1) is 12.7 Å². The number of carbonyl (C=O) groups excluding carboxylic acids is 3. The monoisotopic (exact) mass is 653 g/mol. The predicted molar refractivity (Wildman–Crippen MR) is 175 cm³/mol. The van der Waals surface area contributed by atoms with Gasteiger partial charge in [-0.05, 0) is 76.7 Å². The predicted octanol–water partition coefficient (Wildman–Crippen LogP) is 7.79. The second-order valence-corrected chi connectivity index (χ2v) is 11.2. The Labute approximate surface area is 274 Å². The largest absolute Gasteiger partial charge is 0.416 e. The van der Waals surface area contributed by atoms with Crippen molar-refractivity contribution in [2.75, 3.05) is 5.32 Å². The van der Waals surface area contributed by atoms with Crippen LogP contribution in [-0.4, -0.2) is 17.7 Å². The summed E-state index contributed by atoms with van der Waals surface area (Å²) in [5, 5.41) is 8.48. The highest BCUT2D eigenvalue weighted by Crippen LogP contribution is 2.32. The molecule has 0 bridgehead atoms. The molecule has 5 aromatic carbocycles. The smallest absolute Gasteiger partial charge is 0.350 e. The first-order chi connectivity index (χ1) is 23.0. The van der Waals surface area contributed by atoms with Crippen LogP contribution in [-0.2, 0) is 28.7 Å². The average molecular weight is 654 g/mol. The molecule has 10 heteroatoms. The van der Waals surface area contributed by atoms with Crippen LogP contribution in [0.15, 0.2) is 121 Å². The summed E-state index contributed by atoms with van der Waals surface area (Å²) in [4.78, 5) is 39.5. The van der Waals surface area contributed by atoms with E-state index in [1.54, 1.807) is 85.8 Å². The second-order valence-electron chi connectivity index (χ2n) is 11.2. The van der Waals surface area contributed by atoms with E-state index in [0.29, 0.717) is 39.1 Å². The van der Waals surface area contributed by atoms with Crippen molar-refractivity contribution in [3.8, 4) is 11.1 Å². The van der Waals surface area contributed by atoms with Crippen LogP contribution in [0.4, 0.5) is 23.2 Å². The molecule has 5 aromatic rings. The molecular formula is C38H31F4N3O3. The van der Waals surface area contributed by atoms with Crippen molar-refractivity contribution in [2.45, 2.75) is 32.1 Å². The summed E-state index contributed by atoms with van der Waals surface area (Å²) < 4.78 is 52.7. The molecule has 0 unspecified atom stereocenters. The van der Waals surface area contributed by atoms with Crippen LogP contribution < -0.4 is 16.0 Å². The molecule has 3 amide bonds. The third kappa shape index (κ3) is 8.52. The van der Waals surface area contributed by atoms with Crippen LogP contribution in [0.3, 0.4) is 0 Å². The minimum atomic E-state index is -4.47. The Balaban J connectivity index is 1.25.